The van der Waals surface area contributed by atoms with Crippen LogP contribution in [-0.4, -0.2) is 15.0 Å². The first-order valence-electron chi connectivity index (χ1n) is 24.0. The van der Waals surface area contributed by atoms with Crippen molar-refractivity contribution in [1.29, 1.82) is 0 Å². The number of aromatic nitrogens is 3. The van der Waals surface area contributed by atoms with Crippen molar-refractivity contribution in [2.75, 3.05) is 0 Å². The fraction of sp³-hybridized carbons (Fsp3) is 0.121. The minimum absolute atomic E-state index is 0.114. The zero-order valence-electron chi connectivity index (χ0n) is 40.2. The predicted octanol–water partition coefficient (Wildman–Crippen LogP) is 18.0. The Bertz CT molecular complexity index is 3630. The van der Waals surface area contributed by atoms with Crippen molar-refractivity contribution in [1.82, 2.24) is 15.0 Å². The number of H-pyrrole nitrogens is 1. The summed E-state index contributed by atoms with van der Waals surface area (Å²) in [6.07, 6.45) is 1.95. The van der Waals surface area contributed by atoms with E-state index < -0.39 is 0 Å². The summed E-state index contributed by atoms with van der Waals surface area (Å²) in [6.45, 7) is 13.8. The molecule has 0 atom stereocenters. The molecule has 3 nitrogen and oxygen atoms in total. The summed E-state index contributed by atoms with van der Waals surface area (Å²) in [5.41, 5.74) is 22.0. The van der Waals surface area contributed by atoms with Gasteiger partial charge in [0.25, 0.3) is 0 Å². The van der Waals surface area contributed by atoms with Gasteiger partial charge in [0.2, 0.25) is 0 Å². The molecule has 0 aliphatic carbocycles. The van der Waals surface area contributed by atoms with Crippen LogP contribution in [0.25, 0.3) is 111 Å². The Hall–Kier alpha value is -8.14. The number of rotatable bonds is 8. The van der Waals surface area contributed by atoms with E-state index in [-0.39, 0.29) is 10.8 Å². The Labute approximate surface area is 406 Å². The number of hydrogen-bond donors (Lipinski definition) is 1. The third-order valence-electron chi connectivity index (χ3n) is 13.6. The number of nitrogens with zero attached hydrogens (tertiary/aromatic N) is 2. The average molecular weight is 890 g/mol. The molecule has 0 bridgehead atoms. The first kappa shape index (κ1) is 43.4. The van der Waals surface area contributed by atoms with Gasteiger partial charge in [-0.1, -0.05) is 199 Å². The SMILES string of the molecule is CC(C)(C)c1cc(-c2cc(-c3ccc(-c4ccccc4)cc3)ccn2)c2[nH]c3c(-c4cc(-c5ccc(-c6ccccc6)cc5)cc(-c5cccc(-c6ccccc6)c5)n4)cc(C(C)(C)C)cc3c2c1. The standard InChI is InChI=1S/C66H55N3/c1-65(2,3)54-39-56-57-40-55(66(4,5)6)42-59(64(57)69-63(56)58(41-54)61-36-51(33-34-67-61)48-29-25-46(26-30-48)43-17-10-7-11-18-43)62-38-53(49-31-27-47(28-32-49)44-19-12-8-13-20-44)37-60(68-62)52-24-16-23-50(35-52)45-21-14-9-15-22-45/h7-42,69H,1-6H3. The Kier molecular flexibility index (Phi) is 11.0. The quantitative estimate of drug-likeness (QED) is 0.165. The summed E-state index contributed by atoms with van der Waals surface area (Å²) < 4.78 is 0. The third kappa shape index (κ3) is 8.69. The lowest BCUT2D eigenvalue weighted by atomic mass is 9.83. The first-order chi connectivity index (χ1) is 33.4. The Morgan fingerprint density at radius 3 is 1.19 bits per heavy atom. The smallest absolute Gasteiger partial charge is 0.0736 e. The normalized spacial score (nSPS) is 11.9. The molecule has 3 heteroatoms. The van der Waals surface area contributed by atoms with Gasteiger partial charge in [0, 0.05) is 33.7 Å². The Morgan fingerprint density at radius 2 is 0.681 bits per heavy atom. The highest BCUT2D eigenvalue weighted by Gasteiger charge is 2.25. The molecule has 3 aromatic heterocycles. The van der Waals surface area contributed by atoms with Gasteiger partial charge in [-0.3, -0.25) is 4.98 Å². The van der Waals surface area contributed by atoms with E-state index in [1.807, 2.05) is 6.20 Å². The van der Waals surface area contributed by atoms with Gasteiger partial charge in [-0.15, -0.1) is 0 Å². The van der Waals surface area contributed by atoms with E-state index in [0.717, 1.165) is 72.6 Å². The molecule has 8 aromatic carbocycles. The van der Waals surface area contributed by atoms with Crippen molar-refractivity contribution in [2.45, 2.75) is 52.4 Å². The molecule has 0 spiro atoms. The highest BCUT2D eigenvalue weighted by molar-refractivity contribution is 6.16. The zero-order chi connectivity index (χ0) is 47.3. The van der Waals surface area contributed by atoms with Gasteiger partial charge in [0.1, 0.15) is 0 Å². The molecule has 0 aliphatic heterocycles. The second kappa shape index (κ2) is 17.5. The maximum Gasteiger partial charge on any atom is 0.0736 e. The molecule has 0 fully saturated rings. The minimum atomic E-state index is -0.138. The number of benzene rings is 8. The second-order valence-electron chi connectivity index (χ2n) is 20.4. The van der Waals surface area contributed by atoms with Gasteiger partial charge in [-0.05, 0) is 132 Å². The van der Waals surface area contributed by atoms with E-state index in [2.05, 4.69) is 259 Å². The molecule has 0 unspecified atom stereocenters. The van der Waals surface area contributed by atoms with Crippen LogP contribution in [0.3, 0.4) is 0 Å². The summed E-state index contributed by atoms with van der Waals surface area (Å²) in [4.78, 5) is 14.8. The summed E-state index contributed by atoms with van der Waals surface area (Å²) >= 11 is 0. The molecule has 0 aliphatic rings. The van der Waals surface area contributed by atoms with Crippen LogP contribution in [0.4, 0.5) is 0 Å². The molecular weight excluding hydrogens is 835 g/mol. The molecule has 334 valence electrons. The van der Waals surface area contributed by atoms with Gasteiger partial charge in [0.15, 0.2) is 0 Å². The molecule has 0 saturated carbocycles. The van der Waals surface area contributed by atoms with Crippen molar-refractivity contribution in [2.24, 2.45) is 0 Å². The molecule has 11 aromatic rings. The Morgan fingerprint density at radius 1 is 0.304 bits per heavy atom. The largest absolute Gasteiger partial charge is 0.353 e. The van der Waals surface area contributed by atoms with Gasteiger partial charge in [0.05, 0.1) is 28.1 Å². The number of fused-ring (bicyclic) bond motifs is 3. The van der Waals surface area contributed by atoms with E-state index in [1.165, 1.54) is 49.7 Å². The van der Waals surface area contributed by atoms with Crippen LogP contribution in [0.5, 0.6) is 0 Å². The lowest BCUT2D eigenvalue weighted by molar-refractivity contribution is 0.590. The third-order valence-corrected chi connectivity index (χ3v) is 13.6. The monoisotopic (exact) mass is 889 g/mol. The minimum Gasteiger partial charge on any atom is -0.353 e. The molecular formula is C66H55N3. The molecule has 3 heterocycles. The molecule has 1 N–H and O–H groups in total. The summed E-state index contributed by atoms with van der Waals surface area (Å²) in [7, 11) is 0. The van der Waals surface area contributed by atoms with Crippen molar-refractivity contribution < 1.29 is 0 Å². The highest BCUT2D eigenvalue weighted by atomic mass is 14.8. The van der Waals surface area contributed by atoms with Gasteiger partial charge >= 0.3 is 0 Å². The van der Waals surface area contributed by atoms with Crippen LogP contribution in [-0.2, 0) is 10.8 Å². The number of pyridine rings is 2. The van der Waals surface area contributed by atoms with E-state index in [1.54, 1.807) is 0 Å². The lowest BCUT2D eigenvalue weighted by Crippen LogP contribution is -2.11. The fourth-order valence-electron chi connectivity index (χ4n) is 9.57. The zero-order valence-corrected chi connectivity index (χ0v) is 40.2. The van der Waals surface area contributed by atoms with Gasteiger partial charge in [-0.2, -0.15) is 0 Å². The van der Waals surface area contributed by atoms with E-state index in [9.17, 15) is 0 Å². The maximum absolute atomic E-state index is 5.62. The Balaban J connectivity index is 1.12. The number of aromatic amines is 1. The van der Waals surface area contributed by atoms with Crippen LogP contribution in [0.15, 0.2) is 219 Å². The van der Waals surface area contributed by atoms with Crippen LogP contribution < -0.4 is 0 Å². The van der Waals surface area contributed by atoms with Crippen LogP contribution >= 0.6 is 0 Å². The van der Waals surface area contributed by atoms with E-state index in [4.69, 9.17) is 9.97 Å². The highest BCUT2D eigenvalue weighted by Crippen LogP contribution is 2.44. The van der Waals surface area contributed by atoms with Crippen LogP contribution in [0.1, 0.15) is 52.7 Å². The summed E-state index contributed by atoms with van der Waals surface area (Å²) in [5.74, 6) is 0. The van der Waals surface area contributed by atoms with Crippen molar-refractivity contribution in [3.63, 3.8) is 0 Å². The molecule has 69 heavy (non-hydrogen) atoms. The number of hydrogen-bond acceptors (Lipinski definition) is 2. The van der Waals surface area contributed by atoms with E-state index >= 15 is 0 Å². The molecule has 0 saturated heterocycles. The molecule has 0 amide bonds. The van der Waals surface area contributed by atoms with Gasteiger partial charge in [-0.25, -0.2) is 4.98 Å². The van der Waals surface area contributed by atoms with E-state index in [0.29, 0.717) is 0 Å². The summed E-state index contributed by atoms with van der Waals surface area (Å²) in [6, 6.07) is 76.7. The second-order valence-corrected chi connectivity index (χ2v) is 20.4. The number of nitrogens with one attached hydrogen (secondary N) is 1. The lowest BCUT2D eigenvalue weighted by Gasteiger charge is -2.22. The van der Waals surface area contributed by atoms with Crippen molar-refractivity contribution >= 4 is 21.8 Å². The van der Waals surface area contributed by atoms with Crippen LogP contribution in [0.2, 0.25) is 0 Å². The topological polar surface area (TPSA) is 41.6 Å². The van der Waals surface area contributed by atoms with Crippen molar-refractivity contribution in [3.05, 3.63) is 230 Å². The predicted molar refractivity (Wildman–Crippen MR) is 292 cm³/mol. The van der Waals surface area contributed by atoms with Gasteiger partial charge < -0.3 is 4.98 Å². The average Bonchev–Trinajstić information content (AvgIpc) is 3.77. The molecule has 11 rings (SSSR count). The van der Waals surface area contributed by atoms with Crippen LogP contribution in [0, 0.1) is 0 Å². The molecule has 0 radical (unpaired) electrons. The summed E-state index contributed by atoms with van der Waals surface area (Å²) in [5, 5.41) is 2.36. The first-order valence-corrected chi connectivity index (χ1v) is 24.0. The van der Waals surface area contributed by atoms with Crippen molar-refractivity contribution in [3.8, 4) is 89.4 Å². The maximum atomic E-state index is 5.62. The fourth-order valence-corrected chi connectivity index (χ4v) is 9.57.